The average molecular weight is 189 g/mol. The molecule has 0 unspecified atom stereocenters. The summed E-state index contributed by atoms with van der Waals surface area (Å²) >= 11 is 0. The SMILES string of the molecule is O=C(Nc1ccn[nH]1)c1cncnc1. The topological polar surface area (TPSA) is 83.6 Å². The Morgan fingerprint density at radius 1 is 1.36 bits per heavy atom. The third-order valence-corrected chi connectivity index (χ3v) is 1.57. The van der Waals surface area contributed by atoms with Gasteiger partial charge in [0.05, 0.1) is 11.8 Å². The van der Waals surface area contributed by atoms with E-state index in [9.17, 15) is 4.79 Å². The molecule has 70 valence electrons. The van der Waals surface area contributed by atoms with Gasteiger partial charge in [0, 0.05) is 18.5 Å². The second kappa shape index (κ2) is 3.65. The Labute approximate surface area is 79.4 Å². The molecule has 2 aromatic rings. The predicted molar refractivity (Wildman–Crippen MR) is 48.6 cm³/mol. The number of nitrogens with zero attached hydrogens (tertiary/aromatic N) is 3. The molecule has 0 atom stereocenters. The number of nitrogens with one attached hydrogen (secondary N) is 2. The number of aromatic amines is 1. The van der Waals surface area contributed by atoms with E-state index in [-0.39, 0.29) is 5.91 Å². The van der Waals surface area contributed by atoms with E-state index >= 15 is 0 Å². The first kappa shape index (κ1) is 8.36. The van der Waals surface area contributed by atoms with Crippen LogP contribution in [0.25, 0.3) is 0 Å². The highest BCUT2D eigenvalue weighted by Gasteiger charge is 2.05. The van der Waals surface area contributed by atoms with Crippen LogP contribution in [0.1, 0.15) is 10.4 Å². The lowest BCUT2D eigenvalue weighted by molar-refractivity contribution is 0.102. The molecule has 0 aromatic carbocycles. The third kappa shape index (κ3) is 1.74. The van der Waals surface area contributed by atoms with Crippen LogP contribution in [-0.2, 0) is 0 Å². The van der Waals surface area contributed by atoms with Crippen molar-refractivity contribution in [2.24, 2.45) is 0 Å². The Bertz CT molecular complexity index is 411. The maximum absolute atomic E-state index is 11.5. The van der Waals surface area contributed by atoms with Gasteiger partial charge in [0.2, 0.25) is 0 Å². The molecule has 6 heteroatoms. The lowest BCUT2D eigenvalue weighted by atomic mass is 10.3. The second-order valence-corrected chi connectivity index (χ2v) is 2.55. The number of aromatic nitrogens is 4. The summed E-state index contributed by atoms with van der Waals surface area (Å²) in [6.45, 7) is 0. The van der Waals surface area contributed by atoms with Crippen LogP contribution in [0.2, 0.25) is 0 Å². The fourth-order valence-corrected chi connectivity index (χ4v) is 0.936. The number of carbonyl (C=O) groups excluding carboxylic acids is 1. The minimum atomic E-state index is -0.269. The highest BCUT2D eigenvalue weighted by molar-refractivity contribution is 6.03. The van der Waals surface area contributed by atoms with Crippen LogP contribution in [0, 0.1) is 0 Å². The standard InChI is InChI=1S/C8H7N5O/c14-8(6-3-9-5-10-4-6)12-7-1-2-11-13-7/h1-5H,(H2,11,12,13,14). The Morgan fingerprint density at radius 3 is 2.79 bits per heavy atom. The van der Waals surface area contributed by atoms with Crippen molar-refractivity contribution in [2.75, 3.05) is 5.32 Å². The molecule has 2 rings (SSSR count). The highest BCUT2D eigenvalue weighted by Crippen LogP contribution is 2.02. The predicted octanol–water partition coefficient (Wildman–Crippen LogP) is 0.452. The first-order chi connectivity index (χ1) is 6.86. The summed E-state index contributed by atoms with van der Waals surface area (Å²) in [5, 5.41) is 8.91. The molecular weight excluding hydrogens is 182 g/mol. The van der Waals surface area contributed by atoms with Gasteiger partial charge in [-0.1, -0.05) is 0 Å². The molecule has 0 fully saturated rings. The van der Waals surface area contributed by atoms with Gasteiger partial charge in [-0.05, 0) is 0 Å². The van der Waals surface area contributed by atoms with E-state index in [0.29, 0.717) is 11.4 Å². The first-order valence-electron chi connectivity index (χ1n) is 3.92. The van der Waals surface area contributed by atoms with Gasteiger partial charge in [0.15, 0.2) is 0 Å². The van der Waals surface area contributed by atoms with E-state index in [1.54, 1.807) is 12.3 Å². The minimum absolute atomic E-state index is 0.269. The van der Waals surface area contributed by atoms with Gasteiger partial charge in [0.25, 0.3) is 5.91 Å². The van der Waals surface area contributed by atoms with Crippen LogP contribution in [0.4, 0.5) is 5.82 Å². The Morgan fingerprint density at radius 2 is 2.14 bits per heavy atom. The summed E-state index contributed by atoms with van der Waals surface area (Å²) in [4.78, 5) is 18.9. The van der Waals surface area contributed by atoms with Crippen molar-refractivity contribution in [1.29, 1.82) is 0 Å². The van der Waals surface area contributed by atoms with Crippen molar-refractivity contribution in [3.63, 3.8) is 0 Å². The zero-order valence-electron chi connectivity index (χ0n) is 7.14. The number of anilines is 1. The van der Waals surface area contributed by atoms with Crippen molar-refractivity contribution in [3.05, 3.63) is 36.5 Å². The van der Waals surface area contributed by atoms with Gasteiger partial charge in [0.1, 0.15) is 12.1 Å². The molecule has 0 spiro atoms. The average Bonchev–Trinajstić information content (AvgIpc) is 2.72. The number of hydrogen-bond donors (Lipinski definition) is 2. The molecule has 2 heterocycles. The smallest absolute Gasteiger partial charge is 0.259 e. The molecule has 2 aromatic heterocycles. The molecular formula is C8H7N5O. The van der Waals surface area contributed by atoms with E-state index in [0.717, 1.165) is 0 Å². The summed E-state index contributed by atoms with van der Waals surface area (Å²) in [6, 6.07) is 1.65. The van der Waals surface area contributed by atoms with Crippen LogP contribution in [-0.4, -0.2) is 26.1 Å². The van der Waals surface area contributed by atoms with Crippen molar-refractivity contribution in [3.8, 4) is 0 Å². The summed E-state index contributed by atoms with van der Waals surface area (Å²) in [5.74, 6) is 0.272. The zero-order valence-corrected chi connectivity index (χ0v) is 7.14. The molecule has 0 aliphatic rings. The number of rotatable bonds is 2. The van der Waals surface area contributed by atoms with Gasteiger partial charge in [-0.2, -0.15) is 5.10 Å². The molecule has 6 nitrogen and oxygen atoms in total. The first-order valence-corrected chi connectivity index (χ1v) is 3.92. The van der Waals surface area contributed by atoms with Crippen molar-refractivity contribution in [2.45, 2.75) is 0 Å². The molecule has 0 aliphatic carbocycles. The van der Waals surface area contributed by atoms with E-state index in [1.165, 1.54) is 18.7 Å². The van der Waals surface area contributed by atoms with Crippen LogP contribution in [0.5, 0.6) is 0 Å². The Hall–Kier alpha value is -2.24. The van der Waals surface area contributed by atoms with Crippen LogP contribution >= 0.6 is 0 Å². The molecule has 14 heavy (non-hydrogen) atoms. The molecule has 0 bridgehead atoms. The highest BCUT2D eigenvalue weighted by atomic mass is 16.1. The van der Waals surface area contributed by atoms with Gasteiger partial charge < -0.3 is 5.32 Å². The summed E-state index contributed by atoms with van der Waals surface area (Å²) in [6.07, 6.45) is 5.81. The molecule has 0 saturated heterocycles. The summed E-state index contributed by atoms with van der Waals surface area (Å²) in [7, 11) is 0. The quantitative estimate of drug-likeness (QED) is 0.718. The van der Waals surface area contributed by atoms with Crippen molar-refractivity contribution in [1.82, 2.24) is 20.2 Å². The van der Waals surface area contributed by atoms with Gasteiger partial charge in [-0.3, -0.25) is 9.89 Å². The monoisotopic (exact) mass is 189 g/mol. The van der Waals surface area contributed by atoms with Crippen molar-refractivity contribution >= 4 is 11.7 Å². The maximum Gasteiger partial charge on any atom is 0.259 e. The van der Waals surface area contributed by atoms with Crippen LogP contribution < -0.4 is 5.32 Å². The van der Waals surface area contributed by atoms with Gasteiger partial charge in [-0.25, -0.2) is 9.97 Å². The molecule has 0 saturated carbocycles. The Kier molecular flexibility index (Phi) is 2.18. The number of amides is 1. The second-order valence-electron chi connectivity index (χ2n) is 2.55. The summed E-state index contributed by atoms with van der Waals surface area (Å²) in [5.41, 5.74) is 0.405. The lowest BCUT2D eigenvalue weighted by Crippen LogP contribution is -2.12. The fourth-order valence-electron chi connectivity index (χ4n) is 0.936. The molecule has 2 N–H and O–H groups in total. The van der Waals surface area contributed by atoms with E-state index < -0.39 is 0 Å². The molecule has 0 radical (unpaired) electrons. The molecule has 1 amide bonds. The lowest BCUT2D eigenvalue weighted by Gasteiger charge is -1.99. The minimum Gasteiger partial charge on any atom is -0.307 e. The normalized spacial score (nSPS) is 9.71. The number of H-pyrrole nitrogens is 1. The van der Waals surface area contributed by atoms with Crippen LogP contribution in [0.15, 0.2) is 31.0 Å². The van der Waals surface area contributed by atoms with Gasteiger partial charge >= 0.3 is 0 Å². The van der Waals surface area contributed by atoms with E-state index in [4.69, 9.17) is 0 Å². The van der Waals surface area contributed by atoms with E-state index in [1.807, 2.05) is 0 Å². The summed E-state index contributed by atoms with van der Waals surface area (Å²) < 4.78 is 0. The maximum atomic E-state index is 11.5. The zero-order chi connectivity index (χ0) is 9.80. The van der Waals surface area contributed by atoms with Crippen molar-refractivity contribution < 1.29 is 4.79 Å². The third-order valence-electron chi connectivity index (χ3n) is 1.57. The molecule has 0 aliphatic heterocycles. The van der Waals surface area contributed by atoms with Crippen LogP contribution in [0.3, 0.4) is 0 Å². The fraction of sp³-hybridized carbons (Fsp3) is 0. The largest absolute Gasteiger partial charge is 0.307 e. The number of hydrogen-bond acceptors (Lipinski definition) is 4. The van der Waals surface area contributed by atoms with Gasteiger partial charge in [-0.15, -0.1) is 0 Å². The van der Waals surface area contributed by atoms with E-state index in [2.05, 4.69) is 25.5 Å². The number of carbonyl (C=O) groups is 1. The Balaban J connectivity index is 2.11.